The predicted molar refractivity (Wildman–Crippen MR) is 110 cm³/mol. The van der Waals surface area contributed by atoms with Crippen LogP contribution in [-0.4, -0.2) is 50.0 Å². The van der Waals surface area contributed by atoms with Gasteiger partial charge >= 0.3 is 0 Å². The van der Waals surface area contributed by atoms with Crippen molar-refractivity contribution < 1.29 is 19.2 Å². The van der Waals surface area contributed by atoms with Gasteiger partial charge in [-0.05, 0) is 31.5 Å². The van der Waals surface area contributed by atoms with E-state index in [0.717, 1.165) is 10.5 Å². The number of ether oxygens (including phenoxy) is 1. The molecule has 0 saturated carbocycles. The molecule has 0 aliphatic carbocycles. The monoisotopic (exact) mass is 384 g/mol. The molecular weight excluding hydrogens is 354 g/mol. The molecule has 0 aromatic heterocycles. The number of nitrogens with zero attached hydrogens (tertiary/aromatic N) is 1. The molecule has 2 atom stereocenters. The van der Waals surface area contributed by atoms with Crippen molar-refractivity contribution in [2.75, 3.05) is 32.6 Å². The SMILES string of the molecule is CCN(Cc1ccccc1)C(=O)[C@@H](C)[NH+](C)CC(=O)Nc1cccc(OC)c1. The third-order valence-corrected chi connectivity index (χ3v) is 4.81. The molecule has 150 valence electrons. The summed E-state index contributed by atoms with van der Waals surface area (Å²) in [6.07, 6.45) is 0. The fourth-order valence-corrected chi connectivity index (χ4v) is 2.95. The lowest BCUT2D eigenvalue weighted by Crippen LogP contribution is -3.15. The maximum atomic E-state index is 12.9. The molecule has 2 N–H and O–H groups in total. The number of quaternary nitrogens is 1. The van der Waals surface area contributed by atoms with Crippen molar-refractivity contribution >= 4 is 17.5 Å². The van der Waals surface area contributed by atoms with Gasteiger partial charge in [0.25, 0.3) is 11.8 Å². The number of benzene rings is 2. The van der Waals surface area contributed by atoms with E-state index in [1.54, 1.807) is 13.2 Å². The first kappa shape index (κ1) is 21.4. The lowest BCUT2D eigenvalue weighted by Gasteiger charge is -2.27. The van der Waals surface area contributed by atoms with Gasteiger partial charge in [-0.25, -0.2) is 0 Å². The van der Waals surface area contributed by atoms with Crippen LogP contribution in [0.15, 0.2) is 54.6 Å². The highest BCUT2D eigenvalue weighted by atomic mass is 16.5. The molecule has 0 radical (unpaired) electrons. The number of carbonyl (C=O) groups excluding carboxylic acids is 2. The van der Waals surface area contributed by atoms with Gasteiger partial charge in [0.15, 0.2) is 12.6 Å². The van der Waals surface area contributed by atoms with E-state index in [-0.39, 0.29) is 24.4 Å². The van der Waals surface area contributed by atoms with Gasteiger partial charge in [0.2, 0.25) is 0 Å². The molecule has 0 aliphatic heterocycles. The van der Waals surface area contributed by atoms with Crippen molar-refractivity contribution in [2.45, 2.75) is 26.4 Å². The number of rotatable bonds is 9. The molecule has 0 aliphatic rings. The van der Waals surface area contributed by atoms with Crippen molar-refractivity contribution in [3.8, 4) is 5.75 Å². The first-order valence-corrected chi connectivity index (χ1v) is 9.53. The number of amides is 2. The Bertz CT molecular complexity index is 780. The van der Waals surface area contributed by atoms with E-state index < -0.39 is 0 Å². The summed E-state index contributed by atoms with van der Waals surface area (Å²) in [5.74, 6) is 0.580. The molecule has 0 saturated heterocycles. The average Bonchev–Trinajstić information content (AvgIpc) is 2.71. The summed E-state index contributed by atoms with van der Waals surface area (Å²) in [5, 5.41) is 2.86. The largest absolute Gasteiger partial charge is 0.497 e. The van der Waals surface area contributed by atoms with Crippen LogP contribution in [0.1, 0.15) is 19.4 Å². The van der Waals surface area contributed by atoms with Crippen LogP contribution >= 0.6 is 0 Å². The van der Waals surface area contributed by atoms with Gasteiger partial charge in [-0.1, -0.05) is 36.4 Å². The number of hydrogen-bond donors (Lipinski definition) is 2. The fraction of sp³-hybridized carbons (Fsp3) is 0.364. The molecule has 2 rings (SSSR count). The number of anilines is 1. The standard InChI is InChI=1S/C22H29N3O3/c1-5-25(15-18-10-7-6-8-11-18)22(27)17(2)24(3)16-21(26)23-19-12-9-13-20(14-19)28-4/h6-14,17H,5,15-16H2,1-4H3,(H,23,26)/p+1/t17-/m1/s1. The first-order valence-electron chi connectivity index (χ1n) is 9.53. The van der Waals surface area contributed by atoms with E-state index >= 15 is 0 Å². The van der Waals surface area contributed by atoms with Crippen LogP contribution in [-0.2, 0) is 16.1 Å². The van der Waals surface area contributed by atoms with Crippen molar-refractivity contribution in [2.24, 2.45) is 0 Å². The van der Waals surface area contributed by atoms with E-state index in [9.17, 15) is 9.59 Å². The van der Waals surface area contributed by atoms with Crippen molar-refractivity contribution in [1.29, 1.82) is 0 Å². The zero-order valence-electron chi connectivity index (χ0n) is 17.1. The molecule has 2 amide bonds. The molecule has 1 unspecified atom stereocenters. The third-order valence-electron chi connectivity index (χ3n) is 4.81. The Morgan fingerprint density at radius 2 is 1.86 bits per heavy atom. The van der Waals surface area contributed by atoms with Crippen LogP contribution in [0.2, 0.25) is 0 Å². The molecule has 0 spiro atoms. The molecule has 0 heterocycles. The number of methoxy groups -OCH3 is 1. The molecular formula is C22H30N3O3+. The zero-order valence-corrected chi connectivity index (χ0v) is 17.1. The van der Waals surface area contributed by atoms with Crippen LogP contribution < -0.4 is 15.0 Å². The zero-order chi connectivity index (χ0) is 20.5. The molecule has 6 nitrogen and oxygen atoms in total. The summed E-state index contributed by atoms with van der Waals surface area (Å²) in [6.45, 7) is 5.24. The van der Waals surface area contributed by atoms with Gasteiger partial charge in [0.05, 0.1) is 14.2 Å². The van der Waals surface area contributed by atoms with Crippen LogP contribution in [0.5, 0.6) is 5.75 Å². The lowest BCUT2D eigenvalue weighted by molar-refractivity contribution is -0.886. The van der Waals surface area contributed by atoms with Gasteiger partial charge in [0, 0.05) is 24.8 Å². The number of carbonyl (C=O) groups is 2. The minimum Gasteiger partial charge on any atom is -0.497 e. The van der Waals surface area contributed by atoms with Crippen molar-refractivity contribution in [1.82, 2.24) is 4.90 Å². The van der Waals surface area contributed by atoms with E-state index in [1.165, 1.54) is 0 Å². The highest BCUT2D eigenvalue weighted by molar-refractivity contribution is 5.91. The topological polar surface area (TPSA) is 63.1 Å². The summed E-state index contributed by atoms with van der Waals surface area (Å²) in [5.41, 5.74) is 1.77. The summed E-state index contributed by atoms with van der Waals surface area (Å²) < 4.78 is 5.17. The Hall–Kier alpha value is -2.86. The van der Waals surface area contributed by atoms with E-state index in [1.807, 2.05) is 74.3 Å². The second-order valence-corrected chi connectivity index (χ2v) is 6.86. The normalized spacial score (nSPS) is 12.7. The van der Waals surface area contributed by atoms with E-state index in [2.05, 4.69) is 5.32 Å². The van der Waals surface area contributed by atoms with Gasteiger partial charge in [-0.3, -0.25) is 9.59 Å². The van der Waals surface area contributed by atoms with E-state index in [4.69, 9.17) is 4.74 Å². The Morgan fingerprint density at radius 3 is 2.50 bits per heavy atom. The van der Waals surface area contributed by atoms with Gasteiger partial charge in [0.1, 0.15) is 5.75 Å². The molecule has 6 heteroatoms. The second kappa shape index (κ2) is 10.5. The van der Waals surface area contributed by atoms with Crippen LogP contribution in [0, 0.1) is 0 Å². The Morgan fingerprint density at radius 1 is 1.14 bits per heavy atom. The van der Waals surface area contributed by atoms with Crippen molar-refractivity contribution in [3.05, 3.63) is 60.2 Å². The quantitative estimate of drug-likeness (QED) is 0.690. The Labute approximate surface area is 167 Å². The summed E-state index contributed by atoms with van der Waals surface area (Å²) in [6, 6.07) is 16.8. The predicted octanol–water partition coefficient (Wildman–Crippen LogP) is 1.59. The Balaban J connectivity index is 1.93. The summed E-state index contributed by atoms with van der Waals surface area (Å²) in [7, 11) is 3.45. The summed E-state index contributed by atoms with van der Waals surface area (Å²) in [4.78, 5) is 27.9. The van der Waals surface area contributed by atoms with Crippen LogP contribution in [0.3, 0.4) is 0 Å². The Kier molecular flexibility index (Phi) is 8.02. The van der Waals surface area contributed by atoms with Crippen LogP contribution in [0.25, 0.3) is 0 Å². The smallest absolute Gasteiger partial charge is 0.280 e. The van der Waals surface area contributed by atoms with Crippen molar-refractivity contribution in [3.63, 3.8) is 0 Å². The molecule has 2 aromatic rings. The first-order chi connectivity index (χ1) is 13.4. The molecule has 28 heavy (non-hydrogen) atoms. The minimum absolute atomic E-state index is 0.0398. The highest BCUT2D eigenvalue weighted by Gasteiger charge is 2.27. The lowest BCUT2D eigenvalue weighted by atomic mass is 10.2. The fourth-order valence-electron chi connectivity index (χ4n) is 2.95. The molecule has 0 fully saturated rings. The van der Waals surface area contributed by atoms with Gasteiger partial charge in [-0.15, -0.1) is 0 Å². The molecule has 0 bridgehead atoms. The second-order valence-electron chi connectivity index (χ2n) is 6.86. The maximum absolute atomic E-state index is 12.9. The number of hydrogen-bond acceptors (Lipinski definition) is 3. The maximum Gasteiger partial charge on any atom is 0.280 e. The van der Waals surface area contributed by atoms with Gasteiger partial charge < -0.3 is 19.9 Å². The third kappa shape index (κ3) is 6.09. The molecule has 2 aromatic carbocycles. The average molecular weight is 385 g/mol. The van der Waals surface area contributed by atoms with E-state index in [0.29, 0.717) is 24.5 Å². The van der Waals surface area contributed by atoms with Gasteiger partial charge in [-0.2, -0.15) is 0 Å². The summed E-state index contributed by atoms with van der Waals surface area (Å²) >= 11 is 0. The minimum atomic E-state index is -0.320. The number of likely N-dealkylation sites (N-methyl/N-ethyl adjacent to an activating group) is 2. The van der Waals surface area contributed by atoms with Crippen LogP contribution in [0.4, 0.5) is 5.69 Å². The number of nitrogens with one attached hydrogen (secondary N) is 2. The highest BCUT2D eigenvalue weighted by Crippen LogP contribution is 2.16.